The van der Waals surface area contributed by atoms with Crippen LogP contribution in [0.4, 0.5) is 0 Å². The zero-order valence-corrected chi connectivity index (χ0v) is 14.3. The molecule has 0 atom stereocenters. The Kier molecular flexibility index (Phi) is 13.1. The standard InChI is InChI=1S/C14H33NO3Si/c1-5-9-15-10-14-19(16-11-6-2,17-12-7-3)18-13-8-4/h15H,5-14H2,1-4H3. The first-order chi connectivity index (χ1) is 9.24. The maximum Gasteiger partial charge on any atom is 0.502 e. The lowest BCUT2D eigenvalue weighted by atomic mass is 10.5. The van der Waals surface area contributed by atoms with Crippen LogP contribution in [-0.2, 0) is 13.3 Å². The monoisotopic (exact) mass is 291 g/mol. The smallest absolute Gasteiger partial charge is 0.373 e. The molecule has 0 bridgehead atoms. The molecule has 19 heavy (non-hydrogen) atoms. The highest BCUT2D eigenvalue weighted by Crippen LogP contribution is 2.17. The normalized spacial score (nSPS) is 12.0. The van der Waals surface area contributed by atoms with Crippen molar-refractivity contribution >= 4 is 8.80 Å². The van der Waals surface area contributed by atoms with Gasteiger partial charge in [-0.15, -0.1) is 0 Å². The van der Waals surface area contributed by atoms with Crippen molar-refractivity contribution in [2.45, 2.75) is 59.4 Å². The van der Waals surface area contributed by atoms with E-state index in [9.17, 15) is 0 Å². The predicted molar refractivity (Wildman–Crippen MR) is 82.5 cm³/mol. The van der Waals surface area contributed by atoms with Crippen LogP contribution < -0.4 is 5.32 Å². The molecule has 0 saturated heterocycles. The van der Waals surface area contributed by atoms with E-state index in [2.05, 4.69) is 33.0 Å². The largest absolute Gasteiger partial charge is 0.502 e. The molecule has 0 aromatic rings. The van der Waals surface area contributed by atoms with E-state index in [1.807, 2.05) is 0 Å². The molecule has 0 aliphatic heterocycles. The van der Waals surface area contributed by atoms with Gasteiger partial charge in [-0.05, 0) is 38.8 Å². The van der Waals surface area contributed by atoms with Crippen molar-refractivity contribution < 1.29 is 13.3 Å². The topological polar surface area (TPSA) is 39.7 Å². The Morgan fingerprint density at radius 3 is 1.53 bits per heavy atom. The van der Waals surface area contributed by atoms with Gasteiger partial charge in [0.1, 0.15) is 0 Å². The van der Waals surface area contributed by atoms with Gasteiger partial charge in [0.2, 0.25) is 0 Å². The summed E-state index contributed by atoms with van der Waals surface area (Å²) in [5, 5.41) is 3.41. The van der Waals surface area contributed by atoms with Crippen LogP contribution in [0.3, 0.4) is 0 Å². The van der Waals surface area contributed by atoms with Gasteiger partial charge in [0, 0.05) is 25.9 Å². The second-order valence-electron chi connectivity index (χ2n) is 4.73. The van der Waals surface area contributed by atoms with Crippen molar-refractivity contribution in [3.8, 4) is 0 Å². The quantitative estimate of drug-likeness (QED) is 0.394. The molecule has 0 aromatic carbocycles. The average Bonchev–Trinajstić information content (AvgIpc) is 2.44. The fourth-order valence-corrected chi connectivity index (χ4v) is 4.37. The minimum atomic E-state index is -2.47. The van der Waals surface area contributed by atoms with E-state index < -0.39 is 8.80 Å². The Hall–Kier alpha value is 0.0569. The molecule has 1 N–H and O–H groups in total. The SMILES string of the molecule is CCCNCC[Si](OCCC)(OCCC)OCCC. The third-order valence-corrected chi connectivity index (χ3v) is 5.41. The number of nitrogens with one attached hydrogen (secondary N) is 1. The van der Waals surface area contributed by atoms with Crippen LogP contribution in [0.5, 0.6) is 0 Å². The molecule has 0 fully saturated rings. The maximum absolute atomic E-state index is 6.02. The minimum absolute atomic E-state index is 0.730. The Morgan fingerprint density at radius 2 is 1.16 bits per heavy atom. The minimum Gasteiger partial charge on any atom is -0.373 e. The van der Waals surface area contributed by atoms with E-state index in [0.29, 0.717) is 0 Å². The van der Waals surface area contributed by atoms with Gasteiger partial charge in [-0.1, -0.05) is 27.7 Å². The molecule has 0 spiro atoms. The van der Waals surface area contributed by atoms with E-state index >= 15 is 0 Å². The van der Waals surface area contributed by atoms with E-state index in [0.717, 1.165) is 64.6 Å². The second-order valence-corrected chi connectivity index (χ2v) is 7.46. The summed E-state index contributed by atoms with van der Waals surface area (Å²) in [5.74, 6) is 0. The number of hydrogen-bond donors (Lipinski definition) is 1. The molecule has 0 aliphatic rings. The molecule has 5 heteroatoms. The molecule has 0 aromatic heterocycles. The van der Waals surface area contributed by atoms with Gasteiger partial charge in [0.25, 0.3) is 0 Å². The maximum atomic E-state index is 6.02. The molecule has 0 rings (SSSR count). The van der Waals surface area contributed by atoms with Crippen molar-refractivity contribution in [1.82, 2.24) is 5.32 Å². The Bertz CT molecular complexity index is 172. The van der Waals surface area contributed by atoms with Crippen LogP contribution in [0.25, 0.3) is 0 Å². The van der Waals surface area contributed by atoms with Crippen molar-refractivity contribution in [2.24, 2.45) is 0 Å². The number of rotatable bonds is 14. The van der Waals surface area contributed by atoms with E-state index in [-0.39, 0.29) is 0 Å². The first kappa shape index (κ1) is 19.1. The summed E-state index contributed by atoms with van der Waals surface area (Å²) in [4.78, 5) is 0. The number of hydrogen-bond acceptors (Lipinski definition) is 4. The van der Waals surface area contributed by atoms with Crippen molar-refractivity contribution in [1.29, 1.82) is 0 Å². The Labute approximate surface area is 120 Å². The molecule has 116 valence electrons. The molecule has 0 aliphatic carbocycles. The van der Waals surface area contributed by atoms with E-state index in [1.54, 1.807) is 0 Å². The molecule has 4 nitrogen and oxygen atoms in total. The van der Waals surface area contributed by atoms with Crippen LogP contribution in [0.1, 0.15) is 53.4 Å². The van der Waals surface area contributed by atoms with Gasteiger partial charge >= 0.3 is 8.80 Å². The van der Waals surface area contributed by atoms with E-state index in [1.165, 1.54) is 0 Å². The third-order valence-electron chi connectivity index (χ3n) is 2.61. The zero-order chi connectivity index (χ0) is 14.4. The van der Waals surface area contributed by atoms with Gasteiger partial charge < -0.3 is 18.6 Å². The van der Waals surface area contributed by atoms with Gasteiger partial charge in [-0.25, -0.2) is 0 Å². The predicted octanol–water partition coefficient (Wildman–Crippen LogP) is 3.20. The van der Waals surface area contributed by atoms with Gasteiger partial charge in [0.05, 0.1) is 0 Å². The lowest BCUT2D eigenvalue weighted by Crippen LogP contribution is -2.48. The Morgan fingerprint density at radius 1 is 0.684 bits per heavy atom. The zero-order valence-electron chi connectivity index (χ0n) is 13.3. The fraction of sp³-hybridized carbons (Fsp3) is 1.00. The summed E-state index contributed by atoms with van der Waals surface area (Å²) in [7, 11) is -2.47. The van der Waals surface area contributed by atoms with Crippen molar-refractivity contribution in [3.05, 3.63) is 0 Å². The molecule has 0 unspecified atom stereocenters. The van der Waals surface area contributed by atoms with Crippen LogP contribution in [0.15, 0.2) is 0 Å². The van der Waals surface area contributed by atoms with Crippen LogP contribution in [0.2, 0.25) is 6.04 Å². The van der Waals surface area contributed by atoms with Crippen molar-refractivity contribution in [2.75, 3.05) is 32.9 Å². The fourth-order valence-electron chi connectivity index (χ4n) is 1.66. The van der Waals surface area contributed by atoms with Gasteiger partial charge in [-0.3, -0.25) is 0 Å². The first-order valence-electron chi connectivity index (χ1n) is 7.87. The highest BCUT2D eigenvalue weighted by Gasteiger charge is 2.40. The van der Waals surface area contributed by atoms with Gasteiger partial charge in [-0.2, -0.15) is 0 Å². The Balaban J connectivity index is 4.38. The summed E-state index contributed by atoms with van der Waals surface area (Å²) >= 11 is 0. The van der Waals surface area contributed by atoms with Crippen LogP contribution in [-0.4, -0.2) is 41.7 Å². The van der Waals surface area contributed by atoms with Crippen LogP contribution in [0, 0.1) is 0 Å². The average molecular weight is 292 g/mol. The molecular formula is C14H33NO3Si. The molecule has 0 radical (unpaired) electrons. The van der Waals surface area contributed by atoms with Crippen LogP contribution >= 0.6 is 0 Å². The highest BCUT2D eigenvalue weighted by molar-refractivity contribution is 6.60. The van der Waals surface area contributed by atoms with E-state index in [4.69, 9.17) is 13.3 Å². The van der Waals surface area contributed by atoms with Gasteiger partial charge in [0.15, 0.2) is 0 Å². The molecule has 0 heterocycles. The summed E-state index contributed by atoms with van der Waals surface area (Å²) in [5.41, 5.74) is 0. The summed E-state index contributed by atoms with van der Waals surface area (Å²) in [6.45, 7) is 12.7. The molecule has 0 amide bonds. The molecular weight excluding hydrogens is 258 g/mol. The highest BCUT2D eigenvalue weighted by atomic mass is 28.4. The summed E-state index contributed by atoms with van der Waals surface area (Å²) in [6.07, 6.45) is 4.16. The molecule has 0 saturated carbocycles. The first-order valence-corrected chi connectivity index (χ1v) is 9.80. The lowest BCUT2D eigenvalue weighted by molar-refractivity contribution is 0.0593. The van der Waals surface area contributed by atoms with Crippen molar-refractivity contribution in [3.63, 3.8) is 0 Å². The lowest BCUT2D eigenvalue weighted by Gasteiger charge is -2.29. The summed E-state index contributed by atoms with van der Waals surface area (Å²) < 4.78 is 18.1. The summed E-state index contributed by atoms with van der Waals surface area (Å²) in [6, 6.07) is 0.868. The third kappa shape index (κ3) is 9.57. The second kappa shape index (κ2) is 13.1.